The zero-order valence-corrected chi connectivity index (χ0v) is 14.4. The molecule has 1 heterocycles. The van der Waals surface area contributed by atoms with Crippen LogP contribution in [0.25, 0.3) is 12.2 Å². The molecule has 0 unspecified atom stereocenters. The Morgan fingerprint density at radius 2 is 1.96 bits per heavy atom. The van der Waals surface area contributed by atoms with Crippen LogP contribution in [0.15, 0.2) is 59.8 Å². The number of hydrogen-bond donors (Lipinski definition) is 1. The fraction of sp³-hybridized carbons (Fsp3) is 0.111. The third-order valence-corrected chi connectivity index (χ3v) is 4.14. The largest absolute Gasteiger partial charge is 0.493 e. The number of hydrogen-bond acceptors (Lipinski definition) is 4. The quantitative estimate of drug-likeness (QED) is 0.487. The van der Waals surface area contributed by atoms with Crippen LogP contribution in [0.1, 0.15) is 11.4 Å². The second kappa shape index (κ2) is 8.57. The average molecular weight is 358 g/mol. The third kappa shape index (κ3) is 5.15. The highest BCUT2D eigenvalue weighted by atomic mass is 35.5. The van der Waals surface area contributed by atoms with Crippen molar-refractivity contribution in [3.05, 3.63) is 71.0 Å². The molecular formula is C18H16ClN3OS. The van der Waals surface area contributed by atoms with Crippen LogP contribution in [0.5, 0.6) is 5.75 Å². The van der Waals surface area contributed by atoms with Gasteiger partial charge in [0.2, 0.25) is 5.16 Å². The van der Waals surface area contributed by atoms with Crippen molar-refractivity contribution >= 4 is 35.5 Å². The van der Waals surface area contributed by atoms with E-state index in [2.05, 4.69) is 15.2 Å². The van der Waals surface area contributed by atoms with Gasteiger partial charge in [-0.3, -0.25) is 5.10 Å². The Kier molecular flexibility index (Phi) is 5.93. The Morgan fingerprint density at radius 3 is 2.79 bits per heavy atom. The van der Waals surface area contributed by atoms with Gasteiger partial charge < -0.3 is 4.74 Å². The normalized spacial score (nSPS) is 11.0. The summed E-state index contributed by atoms with van der Waals surface area (Å²) in [6, 6.07) is 17.4. The van der Waals surface area contributed by atoms with Gasteiger partial charge in [0.1, 0.15) is 11.6 Å². The van der Waals surface area contributed by atoms with Gasteiger partial charge in [0.15, 0.2) is 0 Å². The van der Waals surface area contributed by atoms with E-state index < -0.39 is 0 Å². The van der Waals surface area contributed by atoms with Crippen molar-refractivity contribution in [3.63, 3.8) is 0 Å². The summed E-state index contributed by atoms with van der Waals surface area (Å²) in [5.41, 5.74) is 1.12. The lowest BCUT2D eigenvalue weighted by Gasteiger charge is -2.04. The molecule has 2 aromatic carbocycles. The number of aromatic nitrogens is 3. The highest BCUT2D eigenvalue weighted by Gasteiger charge is 2.02. The van der Waals surface area contributed by atoms with Gasteiger partial charge in [0, 0.05) is 10.8 Å². The number of nitrogens with zero attached hydrogens (tertiary/aromatic N) is 2. The number of H-pyrrole nitrogens is 1. The summed E-state index contributed by atoms with van der Waals surface area (Å²) >= 11 is 7.46. The topological polar surface area (TPSA) is 50.8 Å². The Bertz CT molecular complexity index is 805. The first-order valence-electron chi connectivity index (χ1n) is 7.46. The molecule has 1 N–H and O–H groups in total. The maximum atomic E-state index is 5.91. The van der Waals surface area contributed by atoms with Crippen LogP contribution in [0.2, 0.25) is 5.02 Å². The molecule has 0 saturated carbocycles. The molecule has 1 aromatic heterocycles. The van der Waals surface area contributed by atoms with Gasteiger partial charge in [-0.25, -0.2) is 4.98 Å². The molecule has 0 atom stereocenters. The molecule has 24 heavy (non-hydrogen) atoms. The first-order valence-corrected chi connectivity index (χ1v) is 8.83. The lowest BCUT2D eigenvalue weighted by molar-refractivity contribution is 0.344. The molecule has 0 aliphatic heterocycles. The van der Waals surface area contributed by atoms with E-state index in [0.29, 0.717) is 16.8 Å². The van der Waals surface area contributed by atoms with Crippen LogP contribution in [-0.2, 0) is 0 Å². The highest BCUT2D eigenvalue weighted by molar-refractivity contribution is 7.99. The van der Waals surface area contributed by atoms with Gasteiger partial charge in [-0.1, -0.05) is 65.8 Å². The lowest BCUT2D eigenvalue weighted by Crippen LogP contribution is -2.00. The fourth-order valence-electron chi connectivity index (χ4n) is 1.99. The monoisotopic (exact) mass is 357 g/mol. The number of aromatic amines is 1. The molecule has 0 spiro atoms. The predicted octanol–water partition coefficient (Wildman–Crippen LogP) is 4.80. The zero-order valence-electron chi connectivity index (χ0n) is 12.9. The second-order valence-electron chi connectivity index (χ2n) is 4.90. The summed E-state index contributed by atoms with van der Waals surface area (Å²) in [6.45, 7) is 0.564. The van der Waals surface area contributed by atoms with E-state index in [9.17, 15) is 0 Å². The average Bonchev–Trinajstić information content (AvgIpc) is 3.06. The predicted molar refractivity (Wildman–Crippen MR) is 99.4 cm³/mol. The van der Waals surface area contributed by atoms with Gasteiger partial charge in [-0.15, -0.1) is 5.10 Å². The molecule has 0 amide bonds. The van der Waals surface area contributed by atoms with E-state index >= 15 is 0 Å². The van der Waals surface area contributed by atoms with E-state index in [1.807, 2.05) is 60.7 Å². The lowest BCUT2D eigenvalue weighted by atomic mass is 10.2. The van der Waals surface area contributed by atoms with E-state index in [0.717, 1.165) is 22.9 Å². The van der Waals surface area contributed by atoms with E-state index in [1.54, 1.807) is 17.8 Å². The summed E-state index contributed by atoms with van der Waals surface area (Å²) in [5, 5.41) is 8.48. The van der Waals surface area contributed by atoms with Gasteiger partial charge in [0.25, 0.3) is 0 Å². The molecule has 3 aromatic rings. The zero-order chi connectivity index (χ0) is 16.6. The molecule has 122 valence electrons. The molecule has 0 saturated heterocycles. The molecular weight excluding hydrogens is 342 g/mol. The highest BCUT2D eigenvalue weighted by Crippen LogP contribution is 2.18. The SMILES string of the molecule is Clc1cccc(OCCSc2n[nH]c(/C=C/c3ccccc3)n2)c1. The van der Waals surface area contributed by atoms with Crippen molar-refractivity contribution in [2.45, 2.75) is 5.16 Å². The van der Waals surface area contributed by atoms with Crippen LogP contribution >= 0.6 is 23.4 Å². The Balaban J connectivity index is 1.45. The molecule has 4 nitrogen and oxygen atoms in total. The minimum absolute atomic E-state index is 0.564. The minimum Gasteiger partial charge on any atom is -0.493 e. The summed E-state index contributed by atoms with van der Waals surface area (Å²) in [4.78, 5) is 4.42. The van der Waals surface area contributed by atoms with Crippen LogP contribution in [-0.4, -0.2) is 27.5 Å². The van der Waals surface area contributed by atoms with E-state index in [4.69, 9.17) is 16.3 Å². The van der Waals surface area contributed by atoms with Gasteiger partial charge in [0.05, 0.1) is 6.61 Å². The molecule has 6 heteroatoms. The van der Waals surface area contributed by atoms with Crippen molar-refractivity contribution in [2.75, 3.05) is 12.4 Å². The summed E-state index contributed by atoms with van der Waals surface area (Å²) < 4.78 is 5.64. The molecule has 0 aliphatic rings. The van der Waals surface area contributed by atoms with Gasteiger partial charge in [-0.05, 0) is 29.8 Å². The van der Waals surface area contributed by atoms with Crippen molar-refractivity contribution < 1.29 is 4.74 Å². The van der Waals surface area contributed by atoms with E-state index in [-0.39, 0.29) is 0 Å². The summed E-state index contributed by atoms with van der Waals surface area (Å²) in [6.07, 6.45) is 3.91. The fourth-order valence-corrected chi connectivity index (χ4v) is 2.79. The summed E-state index contributed by atoms with van der Waals surface area (Å²) in [5.74, 6) is 2.26. The third-order valence-electron chi connectivity index (χ3n) is 3.09. The minimum atomic E-state index is 0.564. The molecule has 0 bridgehead atoms. The molecule has 0 aliphatic carbocycles. The number of nitrogens with one attached hydrogen (secondary N) is 1. The van der Waals surface area contributed by atoms with Crippen LogP contribution in [0.3, 0.4) is 0 Å². The first-order chi connectivity index (χ1) is 11.8. The molecule has 0 radical (unpaired) electrons. The number of rotatable bonds is 7. The number of halogens is 1. The number of benzene rings is 2. The molecule has 3 rings (SSSR count). The van der Waals surface area contributed by atoms with Crippen LogP contribution < -0.4 is 4.74 Å². The smallest absolute Gasteiger partial charge is 0.208 e. The maximum Gasteiger partial charge on any atom is 0.208 e. The Morgan fingerprint density at radius 1 is 1.08 bits per heavy atom. The van der Waals surface area contributed by atoms with Crippen molar-refractivity contribution in [3.8, 4) is 5.75 Å². The van der Waals surface area contributed by atoms with Gasteiger partial charge >= 0.3 is 0 Å². The molecule has 0 fully saturated rings. The van der Waals surface area contributed by atoms with Crippen molar-refractivity contribution in [1.29, 1.82) is 0 Å². The van der Waals surface area contributed by atoms with Crippen molar-refractivity contribution in [2.24, 2.45) is 0 Å². The van der Waals surface area contributed by atoms with Crippen molar-refractivity contribution in [1.82, 2.24) is 15.2 Å². The standard InChI is InChI=1S/C18H16ClN3OS/c19-15-7-4-8-16(13-15)23-11-12-24-18-20-17(21-22-18)10-9-14-5-2-1-3-6-14/h1-10,13H,11-12H2,(H,20,21,22)/b10-9+. The Hall–Kier alpha value is -2.24. The maximum absolute atomic E-state index is 5.91. The van der Waals surface area contributed by atoms with Gasteiger partial charge in [-0.2, -0.15) is 0 Å². The summed E-state index contributed by atoms with van der Waals surface area (Å²) in [7, 11) is 0. The van der Waals surface area contributed by atoms with E-state index in [1.165, 1.54) is 0 Å². The Labute approximate surface area is 149 Å². The van der Waals surface area contributed by atoms with Crippen LogP contribution in [0, 0.1) is 0 Å². The number of thioether (sulfide) groups is 1. The first kappa shape index (κ1) is 16.6. The second-order valence-corrected chi connectivity index (χ2v) is 6.40. The van der Waals surface area contributed by atoms with Crippen LogP contribution in [0.4, 0.5) is 0 Å². The number of ether oxygens (including phenoxy) is 1.